The van der Waals surface area contributed by atoms with Crippen molar-refractivity contribution in [3.63, 3.8) is 0 Å². The fourth-order valence-corrected chi connectivity index (χ4v) is 3.74. The number of piperidine rings is 1. The van der Waals surface area contributed by atoms with Gasteiger partial charge in [0.05, 0.1) is 12.4 Å². The van der Waals surface area contributed by atoms with Crippen LogP contribution in [0.2, 0.25) is 0 Å². The van der Waals surface area contributed by atoms with Crippen LogP contribution in [0.1, 0.15) is 19.3 Å². The number of rotatable bonds is 2. The van der Waals surface area contributed by atoms with E-state index in [0.29, 0.717) is 5.95 Å². The molecule has 2 aromatic heterocycles. The summed E-state index contributed by atoms with van der Waals surface area (Å²) in [6.07, 6.45) is 9.45. The molecule has 1 unspecified atom stereocenters. The van der Waals surface area contributed by atoms with E-state index in [1.165, 1.54) is 18.8 Å². The van der Waals surface area contributed by atoms with Crippen molar-refractivity contribution >= 4 is 11.9 Å². The highest BCUT2D eigenvalue weighted by molar-refractivity contribution is 5.35. The van der Waals surface area contributed by atoms with E-state index in [0.717, 1.165) is 45.0 Å². The van der Waals surface area contributed by atoms with E-state index < -0.39 is 5.82 Å². The quantitative estimate of drug-likeness (QED) is 0.844. The summed E-state index contributed by atoms with van der Waals surface area (Å²) < 4.78 is 13.0. The normalized spacial score (nSPS) is 24.4. The van der Waals surface area contributed by atoms with Gasteiger partial charge in [0.25, 0.3) is 0 Å². The molecule has 4 rings (SSSR count). The Bertz CT molecular complexity index is 664. The van der Waals surface area contributed by atoms with Crippen LogP contribution in [-0.4, -0.2) is 46.1 Å². The highest BCUT2D eigenvalue weighted by atomic mass is 19.1. The van der Waals surface area contributed by atoms with Crippen LogP contribution < -0.4 is 9.80 Å². The lowest BCUT2D eigenvalue weighted by molar-refractivity contribution is 0.262. The van der Waals surface area contributed by atoms with Crippen LogP contribution >= 0.6 is 0 Å². The zero-order chi connectivity index (χ0) is 15.7. The largest absolute Gasteiger partial charge is 0.340 e. The summed E-state index contributed by atoms with van der Waals surface area (Å²) in [4.78, 5) is 21.4. The summed E-state index contributed by atoms with van der Waals surface area (Å²) in [7, 11) is 0. The monoisotopic (exact) mass is 314 g/mol. The van der Waals surface area contributed by atoms with Gasteiger partial charge in [0.1, 0.15) is 0 Å². The van der Waals surface area contributed by atoms with Crippen molar-refractivity contribution in [1.29, 1.82) is 0 Å². The third kappa shape index (κ3) is 2.83. The van der Waals surface area contributed by atoms with E-state index in [-0.39, 0.29) is 5.41 Å². The summed E-state index contributed by atoms with van der Waals surface area (Å²) >= 11 is 0. The van der Waals surface area contributed by atoms with E-state index in [1.54, 1.807) is 12.4 Å². The highest BCUT2D eigenvalue weighted by Crippen LogP contribution is 2.40. The summed E-state index contributed by atoms with van der Waals surface area (Å²) in [5, 5.41) is 0. The Labute approximate surface area is 134 Å². The van der Waals surface area contributed by atoms with E-state index >= 15 is 0 Å². The molecule has 2 fully saturated rings. The van der Waals surface area contributed by atoms with Crippen molar-refractivity contribution in [3.05, 3.63) is 36.7 Å². The van der Waals surface area contributed by atoms with Crippen LogP contribution in [0.25, 0.3) is 0 Å². The van der Waals surface area contributed by atoms with Crippen LogP contribution in [0.3, 0.4) is 0 Å². The van der Waals surface area contributed by atoms with Gasteiger partial charge in [0, 0.05) is 44.0 Å². The molecular weight excluding hydrogens is 295 g/mol. The highest BCUT2D eigenvalue weighted by Gasteiger charge is 2.42. The van der Waals surface area contributed by atoms with E-state index in [2.05, 4.69) is 29.7 Å². The van der Waals surface area contributed by atoms with Crippen LogP contribution in [0.5, 0.6) is 0 Å². The maximum Gasteiger partial charge on any atom is 0.225 e. The first-order valence-corrected chi connectivity index (χ1v) is 7.99. The Morgan fingerprint density at radius 1 is 0.870 bits per heavy atom. The van der Waals surface area contributed by atoms with Gasteiger partial charge in [-0.3, -0.25) is 0 Å². The minimum absolute atomic E-state index is 0.217. The molecule has 1 spiro atoms. The number of hydrogen-bond acceptors (Lipinski definition) is 6. The van der Waals surface area contributed by atoms with Gasteiger partial charge in [-0.25, -0.2) is 24.3 Å². The predicted octanol–water partition coefficient (Wildman–Crippen LogP) is 1.90. The number of hydrogen-bond donors (Lipinski definition) is 0. The second kappa shape index (κ2) is 5.72. The van der Waals surface area contributed by atoms with E-state index in [9.17, 15) is 4.39 Å². The maximum atomic E-state index is 13.0. The molecule has 120 valence electrons. The lowest BCUT2D eigenvalue weighted by Crippen LogP contribution is -2.45. The van der Waals surface area contributed by atoms with Gasteiger partial charge in [0.2, 0.25) is 11.9 Å². The standard InChI is InChI=1S/C16H19FN6/c17-13-9-20-15(21-10-13)22-7-1-3-16(11-22)4-8-23(12-16)14-18-5-2-6-19-14/h2,5-6,9-10H,1,3-4,7-8,11-12H2. The average Bonchev–Trinajstić information content (AvgIpc) is 3.00. The molecule has 2 aliphatic rings. The third-order valence-electron chi connectivity index (χ3n) is 4.82. The van der Waals surface area contributed by atoms with Gasteiger partial charge in [-0.15, -0.1) is 0 Å². The van der Waals surface area contributed by atoms with Crippen molar-refractivity contribution in [2.75, 3.05) is 36.0 Å². The molecule has 23 heavy (non-hydrogen) atoms. The smallest absolute Gasteiger partial charge is 0.225 e. The first-order chi connectivity index (χ1) is 11.2. The molecule has 1 atom stereocenters. The molecule has 2 saturated heterocycles. The van der Waals surface area contributed by atoms with Gasteiger partial charge in [0.15, 0.2) is 5.82 Å². The SMILES string of the molecule is Fc1cnc(N2CCCC3(CCN(c4ncccn4)C3)C2)nc1. The second-order valence-electron chi connectivity index (χ2n) is 6.45. The third-order valence-corrected chi connectivity index (χ3v) is 4.82. The Morgan fingerprint density at radius 2 is 1.52 bits per heavy atom. The van der Waals surface area contributed by atoms with Gasteiger partial charge in [-0.05, 0) is 25.3 Å². The molecule has 7 heteroatoms. The molecule has 0 aromatic carbocycles. The molecule has 0 amide bonds. The van der Waals surface area contributed by atoms with E-state index in [4.69, 9.17) is 0 Å². The molecule has 0 radical (unpaired) electrons. The van der Waals surface area contributed by atoms with Crippen LogP contribution in [0, 0.1) is 11.2 Å². The maximum absolute atomic E-state index is 13.0. The van der Waals surface area contributed by atoms with Gasteiger partial charge in [-0.2, -0.15) is 0 Å². The number of nitrogens with zero attached hydrogens (tertiary/aromatic N) is 6. The van der Waals surface area contributed by atoms with Crippen molar-refractivity contribution in [3.8, 4) is 0 Å². The zero-order valence-corrected chi connectivity index (χ0v) is 12.9. The molecule has 6 nitrogen and oxygen atoms in total. The summed E-state index contributed by atoms with van der Waals surface area (Å²) in [6, 6.07) is 1.84. The topological polar surface area (TPSA) is 58.0 Å². The molecule has 0 aliphatic carbocycles. The van der Waals surface area contributed by atoms with Crippen LogP contribution in [-0.2, 0) is 0 Å². The molecule has 2 aromatic rings. The lowest BCUT2D eigenvalue weighted by atomic mass is 9.79. The van der Waals surface area contributed by atoms with Crippen molar-refractivity contribution in [2.45, 2.75) is 19.3 Å². The molecule has 4 heterocycles. The van der Waals surface area contributed by atoms with Crippen LogP contribution in [0.4, 0.5) is 16.3 Å². The average molecular weight is 314 g/mol. The Kier molecular flexibility index (Phi) is 3.55. The fraction of sp³-hybridized carbons (Fsp3) is 0.500. The fourth-order valence-electron chi connectivity index (χ4n) is 3.74. The molecular formula is C16H19FN6. The van der Waals surface area contributed by atoms with Crippen LogP contribution in [0.15, 0.2) is 30.9 Å². The second-order valence-corrected chi connectivity index (χ2v) is 6.45. The predicted molar refractivity (Wildman–Crippen MR) is 84.7 cm³/mol. The van der Waals surface area contributed by atoms with Gasteiger partial charge in [-0.1, -0.05) is 0 Å². The molecule has 0 bridgehead atoms. The lowest BCUT2D eigenvalue weighted by Gasteiger charge is -2.40. The summed E-state index contributed by atoms with van der Waals surface area (Å²) in [6.45, 7) is 3.76. The molecule has 0 saturated carbocycles. The first-order valence-electron chi connectivity index (χ1n) is 7.99. The summed E-state index contributed by atoms with van der Waals surface area (Å²) in [5.41, 5.74) is 0.217. The number of aromatic nitrogens is 4. The number of halogens is 1. The summed E-state index contributed by atoms with van der Waals surface area (Å²) in [5.74, 6) is 1.04. The van der Waals surface area contributed by atoms with Crippen molar-refractivity contribution in [1.82, 2.24) is 19.9 Å². The minimum Gasteiger partial charge on any atom is -0.340 e. The van der Waals surface area contributed by atoms with Gasteiger partial charge >= 0.3 is 0 Å². The minimum atomic E-state index is -0.395. The Morgan fingerprint density at radius 3 is 2.26 bits per heavy atom. The Hall–Kier alpha value is -2.31. The first kappa shape index (κ1) is 14.3. The van der Waals surface area contributed by atoms with Crippen molar-refractivity contribution < 1.29 is 4.39 Å². The molecule has 2 aliphatic heterocycles. The number of anilines is 2. The van der Waals surface area contributed by atoms with Crippen molar-refractivity contribution in [2.24, 2.45) is 5.41 Å². The zero-order valence-electron chi connectivity index (χ0n) is 12.9. The van der Waals surface area contributed by atoms with Gasteiger partial charge < -0.3 is 9.80 Å². The molecule has 0 N–H and O–H groups in total. The Balaban J connectivity index is 1.50. The van der Waals surface area contributed by atoms with E-state index in [1.807, 2.05) is 6.07 Å².